The van der Waals surface area contributed by atoms with Crippen molar-refractivity contribution < 1.29 is 9.53 Å². The monoisotopic (exact) mass is 422 g/mol. The van der Waals surface area contributed by atoms with Crippen molar-refractivity contribution in [2.75, 3.05) is 5.32 Å². The Balaban J connectivity index is 1.71. The quantitative estimate of drug-likeness (QED) is 0.384. The lowest BCUT2D eigenvalue weighted by molar-refractivity contribution is -0.112. The number of rotatable bonds is 6. The van der Waals surface area contributed by atoms with Crippen LogP contribution >= 0.6 is 23.2 Å². The molecule has 29 heavy (non-hydrogen) atoms. The van der Waals surface area contributed by atoms with Gasteiger partial charge in [-0.15, -0.1) is 0 Å². The first-order chi connectivity index (χ1) is 14.0. The number of carbonyl (C=O) groups excluding carboxylic acids is 1. The average Bonchev–Trinajstić information content (AvgIpc) is 2.73. The summed E-state index contributed by atoms with van der Waals surface area (Å²) in [5.41, 5.74) is 2.07. The molecule has 144 valence electrons. The molecule has 0 atom stereocenters. The van der Waals surface area contributed by atoms with Crippen LogP contribution in [0.15, 0.2) is 78.4 Å². The Hall–Kier alpha value is -3.26. The second-order valence-electron chi connectivity index (χ2n) is 6.08. The summed E-state index contributed by atoms with van der Waals surface area (Å²) in [6.45, 7) is 0.314. The SMILES string of the molecule is N#C/C(=C\c1cccc(OCc2ccccc2Cl)c1)C(=O)Nc1ccc(Cl)cc1. The van der Waals surface area contributed by atoms with Crippen LogP contribution in [-0.2, 0) is 11.4 Å². The second kappa shape index (κ2) is 9.79. The van der Waals surface area contributed by atoms with Gasteiger partial charge in [-0.1, -0.05) is 53.5 Å². The number of hydrogen-bond acceptors (Lipinski definition) is 3. The molecule has 3 rings (SSSR count). The van der Waals surface area contributed by atoms with Crippen molar-refractivity contribution in [1.82, 2.24) is 0 Å². The Morgan fingerprint density at radius 2 is 1.79 bits per heavy atom. The van der Waals surface area contributed by atoms with Gasteiger partial charge in [0.25, 0.3) is 5.91 Å². The van der Waals surface area contributed by atoms with Gasteiger partial charge in [0, 0.05) is 21.3 Å². The number of benzene rings is 3. The van der Waals surface area contributed by atoms with E-state index < -0.39 is 5.91 Å². The molecular weight excluding hydrogens is 407 g/mol. The highest BCUT2D eigenvalue weighted by Gasteiger charge is 2.10. The lowest BCUT2D eigenvalue weighted by Crippen LogP contribution is -2.13. The van der Waals surface area contributed by atoms with Gasteiger partial charge in [-0.2, -0.15) is 5.26 Å². The number of nitriles is 1. The van der Waals surface area contributed by atoms with E-state index in [1.165, 1.54) is 6.08 Å². The van der Waals surface area contributed by atoms with Crippen LogP contribution in [0.4, 0.5) is 5.69 Å². The molecule has 0 saturated carbocycles. The number of ether oxygens (including phenoxy) is 1. The molecule has 0 aromatic heterocycles. The van der Waals surface area contributed by atoms with E-state index in [-0.39, 0.29) is 5.57 Å². The van der Waals surface area contributed by atoms with E-state index in [9.17, 15) is 10.1 Å². The molecule has 3 aromatic rings. The third-order valence-electron chi connectivity index (χ3n) is 3.99. The normalized spacial score (nSPS) is 10.9. The maximum absolute atomic E-state index is 12.4. The van der Waals surface area contributed by atoms with E-state index in [1.807, 2.05) is 24.3 Å². The zero-order valence-corrected chi connectivity index (χ0v) is 16.7. The summed E-state index contributed by atoms with van der Waals surface area (Å²) in [6, 6.07) is 23.2. The summed E-state index contributed by atoms with van der Waals surface area (Å²) in [4.78, 5) is 12.4. The maximum atomic E-state index is 12.4. The van der Waals surface area contributed by atoms with Crippen molar-refractivity contribution in [1.29, 1.82) is 5.26 Å². The topological polar surface area (TPSA) is 62.1 Å². The number of nitrogens with one attached hydrogen (secondary N) is 1. The van der Waals surface area contributed by atoms with Crippen molar-refractivity contribution in [2.24, 2.45) is 0 Å². The van der Waals surface area contributed by atoms with Crippen molar-refractivity contribution in [3.8, 4) is 11.8 Å². The molecular formula is C23H16Cl2N2O2. The molecule has 3 aromatic carbocycles. The van der Waals surface area contributed by atoms with E-state index in [0.717, 1.165) is 5.56 Å². The minimum absolute atomic E-state index is 0.0248. The Morgan fingerprint density at radius 1 is 1.03 bits per heavy atom. The molecule has 1 amide bonds. The van der Waals surface area contributed by atoms with Gasteiger partial charge in [-0.3, -0.25) is 4.79 Å². The summed E-state index contributed by atoms with van der Waals surface area (Å²) in [6.07, 6.45) is 1.51. The number of anilines is 1. The van der Waals surface area contributed by atoms with Crippen molar-refractivity contribution in [2.45, 2.75) is 6.61 Å². The van der Waals surface area contributed by atoms with Gasteiger partial charge in [0.2, 0.25) is 0 Å². The number of nitrogens with zero attached hydrogens (tertiary/aromatic N) is 1. The van der Waals surface area contributed by atoms with Gasteiger partial charge >= 0.3 is 0 Å². The fourth-order valence-electron chi connectivity index (χ4n) is 2.52. The smallest absolute Gasteiger partial charge is 0.266 e. The average molecular weight is 423 g/mol. The summed E-state index contributed by atoms with van der Waals surface area (Å²) in [5, 5.41) is 13.3. The van der Waals surface area contributed by atoms with Gasteiger partial charge in [0.15, 0.2) is 0 Å². The fourth-order valence-corrected chi connectivity index (χ4v) is 2.83. The summed E-state index contributed by atoms with van der Waals surface area (Å²) < 4.78 is 5.79. The van der Waals surface area contributed by atoms with Gasteiger partial charge in [0.05, 0.1) is 0 Å². The van der Waals surface area contributed by atoms with E-state index in [2.05, 4.69) is 5.32 Å². The van der Waals surface area contributed by atoms with Gasteiger partial charge < -0.3 is 10.1 Å². The van der Waals surface area contributed by atoms with Crippen LogP contribution in [0.25, 0.3) is 6.08 Å². The van der Waals surface area contributed by atoms with Gasteiger partial charge in [-0.05, 0) is 54.1 Å². The van der Waals surface area contributed by atoms with Gasteiger partial charge in [-0.25, -0.2) is 0 Å². The predicted octanol–water partition coefficient (Wildman–Crippen LogP) is 6.12. The van der Waals surface area contributed by atoms with E-state index in [1.54, 1.807) is 54.6 Å². The van der Waals surface area contributed by atoms with Crippen LogP contribution in [-0.4, -0.2) is 5.91 Å². The minimum Gasteiger partial charge on any atom is -0.489 e. The molecule has 0 aliphatic heterocycles. The van der Waals surface area contributed by atoms with Crippen LogP contribution in [0.1, 0.15) is 11.1 Å². The Bertz CT molecular complexity index is 1090. The zero-order valence-electron chi connectivity index (χ0n) is 15.2. The number of amides is 1. The molecule has 0 aliphatic rings. The Labute approximate surface area is 179 Å². The minimum atomic E-state index is -0.503. The Morgan fingerprint density at radius 3 is 2.52 bits per heavy atom. The third kappa shape index (κ3) is 5.86. The summed E-state index contributed by atoms with van der Waals surface area (Å²) >= 11 is 12.0. The maximum Gasteiger partial charge on any atom is 0.266 e. The standard InChI is InChI=1S/C23H16Cl2N2O2/c24-19-8-10-20(11-9-19)27-23(28)18(14-26)12-16-4-3-6-21(13-16)29-15-17-5-1-2-7-22(17)25/h1-13H,15H2,(H,27,28)/b18-12+. The third-order valence-corrected chi connectivity index (χ3v) is 4.61. The molecule has 0 unspecified atom stereocenters. The highest BCUT2D eigenvalue weighted by atomic mass is 35.5. The largest absolute Gasteiger partial charge is 0.489 e. The van der Waals surface area contributed by atoms with E-state index in [0.29, 0.717) is 33.7 Å². The first kappa shape index (κ1) is 20.5. The first-order valence-corrected chi connectivity index (χ1v) is 9.46. The molecule has 0 fully saturated rings. The van der Waals surface area contributed by atoms with Crippen LogP contribution < -0.4 is 10.1 Å². The molecule has 4 nitrogen and oxygen atoms in total. The summed E-state index contributed by atoms with van der Waals surface area (Å²) in [5.74, 6) is 0.103. The highest BCUT2D eigenvalue weighted by molar-refractivity contribution is 6.31. The van der Waals surface area contributed by atoms with Crippen LogP contribution in [0.2, 0.25) is 10.0 Å². The van der Waals surface area contributed by atoms with Crippen LogP contribution in [0, 0.1) is 11.3 Å². The molecule has 0 heterocycles. The van der Waals surface area contributed by atoms with Crippen molar-refractivity contribution in [3.05, 3.63) is 99.5 Å². The van der Waals surface area contributed by atoms with Crippen LogP contribution in [0.3, 0.4) is 0 Å². The van der Waals surface area contributed by atoms with Crippen molar-refractivity contribution in [3.63, 3.8) is 0 Å². The molecule has 0 saturated heterocycles. The Kier molecular flexibility index (Phi) is 6.91. The molecule has 1 N–H and O–H groups in total. The molecule has 6 heteroatoms. The second-order valence-corrected chi connectivity index (χ2v) is 6.93. The van der Waals surface area contributed by atoms with Gasteiger partial charge in [0.1, 0.15) is 24.0 Å². The van der Waals surface area contributed by atoms with E-state index >= 15 is 0 Å². The first-order valence-electron chi connectivity index (χ1n) is 8.70. The predicted molar refractivity (Wildman–Crippen MR) is 116 cm³/mol. The molecule has 0 radical (unpaired) electrons. The van der Waals surface area contributed by atoms with Crippen LogP contribution in [0.5, 0.6) is 5.75 Å². The molecule has 0 bridgehead atoms. The number of hydrogen-bond donors (Lipinski definition) is 1. The zero-order chi connectivity index (χ0) is 20.6. The lowest BCUT2D eigenvalue weighted by atomic mass is 10.1. The van der Waals surface area contributed by atoms with Crippen molar-refractivity contribution >= 4 is 40.9 Å². The lowest BCUT2D eigenvalue weighted by Gasteiger charge is -2.08. The fraction of sp³-hybridized carbons (Fsp3) is 0.0435. The number of carbonyl (C=O) groups is 1. The molecule has 0 spiro atoms. The molecule has 0 aliphatic carbocycles. The number of halogens is 2. The van der Waals surface area contributed by atoms with E-state index in [4.69, 9.17) is 27.9 Å². The summed E-state index contributed by atoms with van der Waals surface area (Å²) in [7, 11) is 0. The highest BCUT2D eigenvalue weighted by Crippen LogP contribution is 2.21.